The van der Waals surface area contributed by atoms with Crippen LogP contribution in [0.2, 0.25) is 0 Å². The molecule has 0 aromatic heterocycles. The Morgan fingerprint density at radius 1 is 1.21 bits per heavy atom. The zero-order valence-corrected chi connectivity index (χ0v) is 20.8. The molecule has 0 bridgehead atoms. The summed E-state index contributed by atoms with van der Waals surface area (Å²) in [4.78, 5) is 28.9. The summed E-state index contributed by atoms with van der Waals surface area (Å²) in [7, 11) is 1.79. The monoisotopic (exact) mass is 465 g/mol. The van der Waals surface area contributed by atoms with Gasteiger partial charge in [0.1, 0.15) is 17.6 Å². The standard InChI is InChI=1S/C28H39N3O3/c1-4-24(29-3)26(32)30-25-16-9-8-12-21-17-18-28(2,31(21)27(25)33)20-11-10-15-23(19-20)34-22-13-6-5-7-14-22/h5-7,10,13-15,19-21,24-25,29H,4,8-9,11-12,16-18H2,1-3H3,(H,30,32)/t20?,21-,24?,25-,28?/m0/s1. The summed E-state index contributed by atoms with van der Waals surface area (Å²) in [6.45, 7) is 4.21. The first-order valence-corrected chi connectivity index (χ1v) is 12.9. The van der Waals surface area contributed by atoms with Gasteiger partial charge in [0.05, 0.1) is 6.04 Å². The average Bonchev–Trinajstić information content (AvgIpc) is 3.18. The molecular formula is C28H39N3O3. The molecule has 2 heterocycles. The lowest BCUT2D eigenvalue weighted by atomic mass is 9.78. The van der Waals surface area contributed by atoms with Crippen LogP contribution in [0.4, 0.5) is 0 Å². The highest BCUT2D eigenvalue weighted by Crippen LogP contribution is 2.45. The smallest absolute Gasteiger partial charge is 0.245 e. The van der Waals surface area contributed by atoms with Gasteiger partial charge in [0.2, 0.25) is 11.8 Å². The van der Waals surface area contributed by atoms with Crippen LogP contribution >= 0.6 is 0 Å². The third kappa shape index (κ3) is 5.07. The largest absolute Gasteiger partial charge is 0.458 e. The number of hydrogen-bond donors (Lipinski definition) is 2. The average molecular weight is 466 g/mol. The number of likely N-dealkylation sites (N-methyl/N-ethyl adjacent to an activating group) is 1. The van der Waals surface area contributed by atoms with E-state index in [-0.39, 0.29) is 35.4 Å². The maximum absolute atomic E-state index is 14.0. The molecule has 184 valence electrons. The maximum Gasteiger partial charge on any atom is 0.245 e. The molecular weight excluding hydrogens is 426 g/mol. The number of ether oxygens (including phenoxy) is 1. The van der Waals surface area contributed by atoms with E-state index in [1.54, 1.807) is 7.05 Å². The van der Waals surface area contributed by atoms with Gasteiger partial charge in [-0.05, 0) is 76.8 Å². The fourth-order valence-electron chi connectivity index (χ4n) is 5.92. The Kier molecular flexibility index (Phi) is 7.77. The van der Waals surface area contributed by atoms with Crippen molar-refractivity contribution in [3.8, 4) is 5.75 Å². The molecule has 1 aliphatic carbocycles. The van der Waals surface area contributed by atoms with Gasteiger partial charge in [-0.25, -0.2) is 0 Å². The van der Waals surface area contributed by atoms with Crippen molar-refractivity contribution in [3.05, 3.63) is 54.3 Å². The van der Waals surface area contributed by atoms with E-state index in [1.165, 1.54) is 0 Å². The summed E-state index contributed by atoms with van der Waals surface area (Å²) in [5.41, 5.74) is -0.300. The number of allylic oxidation sites excluding steroid dienone is 2. The fourth-order valence-corrected chi connectivity index (χ4v) is 5.92. The molecule has 2 saturated heterocycles. The summed E-state index contributed by atoms with van der Waals surface area (Å²) < 4.78 is 6.13. The first kappa shape index (κ1) is 24.5. The van der Waals surface area contributed by atoms with Crippen LogP contribution < -0.4 is 15.4 Å². The van der Waals surface area contributed by atoms with E-state index in [1.807, 2.05) is 43.3 Å². The number of fused-ring (bicyclic) bond motifs is 1. The lowest BCUT2D eigenvalue weighted by molar-refractivity contribution is -0.144. The highest BCUT2D eigenvalue weighted by Gasteiger charge is 2.51. The third-order valence-corrected chi connectivity index (χ3v) is 7.92. The minimum Gasteiger partial charge on any atom is -0.458 e. The number of carbonyl (C=O) groups is 2. The molecule has 0 spiro atoms. The number of carbonyl (C=O) groups excluding carboxylic acids is 2. The fraction of sp³-hybridized carbons (Fsp3) is 0.571. The Hall–Kier alpha value is -2.60. The number of amides is 2. The Labute approximate surface area is 203 Å². The van der Waals surface area contributed by atoms with Gasteiger partial charge in [-0.1, -0.05) is 44.0 Å². The quantitative estimate of drug-likeness (QED) is 0.629. The second kappa shape index (κ2) is 10.8. The second-order valence-corrected chi connectivity index (χ2v) is 10.1. The van der Waals surface area contributed by atoms with Crippen LogP contribution in [0.5, 0.6) is 5.75 Å². The first-order valence-electron chi connectivity index (χ1n) is 12.9. The van der Waals surface area contributed by atoms with Crippen molar-refractivity contribution < 1.29 is 14.3 Å². The van der Waals surface area contributed by atoms with Crippen LogP contribution in [0.15, 0.2) is 54.3 Å². The van der Waals surface area contributed by atoms with E-state index in [4.69, 9.17) is 4.74 Å². The summed E-state index contributed by atoms with van der Waals surface area (Å²) in [5, 5.41) is 6.14. The van der Waals surface area contributed by atoms with Crippen LogP contribution in [0.1, 0.15) is 65.2 Å². The van der Waals surface area contributed by atoms with Crippen LogP contribution in [0.3, 0.4) is 0 Å². The molecule has 6 heteroatoms. The Morgan fingerprint density at radius 2 is 1.97 bits per heavy atom. The van der Waals surface area contributed by atoms with Crippen LogP contribution in [-0.2, 0) is 9.59 Å². The lowest BCUT2D eigenvalue weighted by Crippen LogP contribution is -2.60. The van der Waals surface area contributed by atoms with Gasteiger partial charge in [0.25, 0.3) is 0 Å². The van der Waals surface area contributed by atoms with Crippen LogP contribution in [0, 0.1) is 5.92 Å². The third-order valence-electron chi connectivity index (χ3n) is 7.92. The van der Waals surface area contributed by atoms with Crippen molar-refractivity contribution in [2.75, 3.05) is 7.05 Å². The van der Waals surface area contributed by atoms with E-state index >= 15 is 0 Å². The molecule has 3 aliphatic rings. The second-order valence-electron chi connectivity index (χ2n) is 10.1. The number of rotatable bonds is 7. The van der Waals surface area contributed by atoms with E-state index in [2.05, 4.69) is 34.6 Å². The molecule has 0 radical (unpaired) electrons. The number of nitrogens with zero attached hydrogens (tertiary/aromatic N) is 1. The van der Waals surface area contributed by atoms with Gasteiger partial charge in [-0.15, -0.1) is 0 Å². The first-order chi connectivity index (χ1) is 16.5. The summed E-state index contributed by atoms with van der Waals surface area (Å²) in [5.74, 6) is 1.81. The topological polar surface area (TPSA) is 70.7 Å². The van der Waals surface area contributed by atoms with E-state index in [0.29, 0.717) is 12.8 Å². The van der Waals surface area contributed by atoms with Crippen molar-refractivity contribution in [2.45, 2.75) is 88.9 Å². The zero-order valence-electron chi connectivity index (χ0n) is 20.8. The minimum atomic E-state index is -0.460. The van der Waals surface area contributed by atoms with Crippen molar-refractivity contribution in [3.63, 3.8) is 0 Å². The van der Waals surface area contributed by atoms with Gasteiger partial charge < -0.3 is 20.3 Å². The lowest BCUT2D eigenvalue weighted by Gasteiger charge is -2.46. The van der Waals surface area contributed by atoms with Crippen molar-refractivity contribution in [1.29, 1.82) is 0 Å². The Bertz CT molecular complexity index is 924. The maximum atomic E-state index is 14.0. The molecule has 1 aromatic rings. The highest BCUT2D eigenvalue weighted by atomic mass is 16.5. The van der Waals surface area contributed by atoms with Crippen LogP contribution in [-0.4, -0.2) is 47.4 Å². The van der Waals surface area contributed by atoms with Gasteiger partial charge in [0, 0.05) is 17.5 Å². The van der Waals surface area contributed by atoms with Gasteiger partial charge in [-0.3, -0.25) is 9.59 Å². The molecule has 2 amide bonds. The predicted molar refractivity (Wildman–Crippen MR) is 134 cm³/mol. The number of nitrogens with one attached hydrogen (secondary N) is 2. The SMILES string of the molecule is CCC(NC)C(=O)N[C@H]1CCCC[C@H]2CCC(C)(C3C=C(Oc4ccccc4)C=CC3)N2C1=O. The molecule has 0 saturated carbocycles. The van der Waals surface area contributed by atoms with Crippen molar-refractivity contribution >= 4 is 11.8 Å². The molecule has 1 aromatic carbocycles. The summed E-state index contributed by atoms with van der Waals surface area (Å²) >= 11 is 0. The molecule has 3 unspecified atom stereocenters. The normalized spacial score (nSPS) is 30.1. The number of para-hydroxylation sites is 1. The molecule has 6 nitrogen and oxygen atoms in total. The van der Waals surface area contributed by atoms with E-state index in [9.17, 15) is 9.59 Å². The highest BCUT2D eigenvalue weighted by molar-refractivity contribution is 5.90. The summed E-state index contributed by atoms with van der Waals surface area (Å²) in [6, 6.07) is 9.32. The van der Waals surface area contributed by atoms with Gasteiger partial charge >= 0.3 is 0 Å². The number of benzene rings is 1. The molecule has 2 aliphatic heterocycles. The molecule has 2 fully saturated rings. The Morgan fingerprint density at radius 3 is 2.71 bits per heavy atom. The Balaban J connectivity index is 1.56. The van der Waals surface area contributed by atoms with Gasteiger partial charge in [0.15, 0.2) is 0 Å². The molecule has 4 rings (SSSR count). The predicted octanol–water partition coefficient (Wildman–Crippen LogP) is 4.33. The van der Waals surface area contributed by atoms with Gasteiger partial charge in [-0.2, -0.15) is 0 Å². The summed E-state index contributed by atoms with van der Waals surface area (Å²) in [6.07, 6.45) is 13.7. The van der Waals surface area contributed by atoms with E-state index < -0.39 is 6.04 Å². The van der Waals surface area contributed by atoms with Crippen molar-refractivity contribution in [2.24, 2.45) is 5.92 Å². The molecule has 2 N–H and O–H groups in total. The molecule has 5 atom stereocenters. The molecule has 34 heavy (non-hydrogen) atoms. The number of hydrogen-bond acceptors (Lipinski definition) is 4. The van der Waals surface area contributed by atoms with E-state index in [0.717, 1.165) is 50.0 Å². The zero-order chi connectivity index (χ0) is 24.1. The van der Waals surface area contributed by atoms with Crippen molar-refractivity contribution in [1.82, 2.24) is 15.5 Å². The minimum absolute atomic E-state index is 0.0810. The van der Waals surface area contributed by atoms with Crippen LogP contribution in [0.25, 0.3) is 0 Å².